The van der Waals surface area contributed by atoms with Crippen molar-refractivity contribution in [3.05, 3.63) is 34.2 Å². The van der Waals surface area contributed by atoms with E-state index in [1.807, 2.05) is 22.4 Å². The van der Waals surface area contributed by atoms with Crippen molar-refractivity contribution in [2.24, 2.45) is 0 Å². The van der Waals surface area contributed by atoms with Crippen molar-refractivity contribution in [1.82, 2.24) is 10.1 Å². The van der Waals surface area contributed by atoms with Gasteiger partial charge in [-0.3, -0.25) is 14.5 Å². The predicted molar refractivity (Wildman–Crippen MR) is 89.3 cm³/mol. The van der Waals surface area contributed by atoms with Crippen molar-refractivity contribution >= 4 is 28.8 Å². The molecule has 0 unspecified atom stereocenters. The molecule has 128 valence electrons. The summed E-state index contributed by atoms with van der Waals surface area (Å²) >= 11 is 1.43. The first kappa shape index (κ1) is 16.8. The standard InChI is InChI=1S/C16H19N3O4S/c1-11-7-15(18-23-11)17-16(21)9-19-4-5-22-10-12(19)8-13(20)14-3-2-6-24-14/h2-3,6-7,12H,4-5,8-10H2,1H3,(H,17,18,21)/t12-/m1/s1. The van der Waals surface area contributed by atoms with Gasteiger partial charge >= 0.3 is 0 Å². The van der Waals surface area contributed by atoms with Gasteiger partial charge in [0.2, 0.25) is 5.91 Å². The molecule has 0 bridgehead atoms. The number of aromatic nitrogens is 1. The maximum atomic E-state index is 12.3. The number of nitrogens with one attached hydrogen (secondary N) is 1. The highest BCUT2D eigenvalue weighted by molar-refractivity contribution is 7.12. The van der Waals surface area contributed by atoms with Gasteiger partial charge in [-0.25, -0.2) is 0 Å². The fraction of sp³-hybridized carbons (Fsp3) is 0.438. The van der Waals surface area contributed by atoms with Crippen molar-refractivity contribution < 1.29 is 18.8 Å². The number of amides is 1. The number of rotatable bonds is 6. The number of anilines is 1. The molecule has 1 amide bonds. The lowest BCUT2D eigenvalue weighted by atomic mass is 10.1. The SMILES string of the molecule is Cc1cc(NC(=O)CN2CCOC[C@H]2CC(=O)c2cccs2)no1. The van der Waals surface area contributed by atoms with Gasteiger partial charge in [0.25, 0.3) is 0 Å². The quantitative estimate of drug-likeness (QED) is 0.803. The minimum atomic E-state index is -0.182. The number of ketones is 1. The van der Waals surface area contributed by atoms with Crippen molar-refractivity contribution in [2.75, 3.05) is 31.6 Å². The number of ether oxygens (including phenoxy) is 1. The van der Waals surface area contributed by atoms with E-state index in [0.717, 1.165) is 4.88 Å². The van der Waals surface area contributed by atoms with Gasteiger partial charge in [-0.1, -0.05) is 11.2 Å². The monoisotopic (exact) mass is 349 g/mol. The first-order chi connectivity index (χ1) is 11.6. The summed E-state index contributed by atoms with van der Waals surface area (Å²) in [6.45, 7) is 3.58. The lowest BCUT2D eigenvalue weighted by Crippen LogP contribution is -2.49. The number of morpholine rings is 1. The highest BCUT2D eigenvalue weighted by Crippen LogP contribution is 2.17. The molecule has 2 aromatic rings. The lowest BCUT2D eigenvalue weighted by Gasteiger charge is -2.34. The fourth-order valence-corrected chi connectivity index (χ4v) is 3.30. The van der Waals surface area contributed by atoms with E-state index in [1.165, 1.54) is 11.3 Å². The Balaban J connectivity index is 1.57. The highest BCUT2D eigenvalue weighted by Gasteiger charge is 2.27. The molecule has 1 atom stereocenters. The van der Waals surface area contributed by atoms with Crippen molar-refractivity contribution in [2.45, 2.75) is 19.4 Å². The van der Waals surface area contributed by atoms with Crippen LogP contribution in [0.2, 0.25) is 0 Å². The largest absolute Gasteiger partial charge is 0.378 e. The number of Topliss-reactive ketones (excluding diaryl/α,β-unsaturated/α-hetero) is 1. The van der Waals surface area contributed by atoms with E-state index in [1.54, 1.807) is 13.0 Å². The highest BCUT2D eigenvalue weighted by atomic mass is 32.1. The summed E-state index contributed by atoms with van der Waals surface area (Å²) in [6, 6.07) is 5.24. The zero-order valence-electron chi connectivity index (χ0n) is 13.4. The first-order valence-electron chi connectivity index (χ1n) is 7.73. The Labute approximate surface area is 143 Å². The molecule has 0 aliphatic carbocycles. The second kappa shape index (κ2) is 7.69. The Bertz CT molecular complexity index is 698. The predicted octanol–water partition coefficient (Wildman–Crippen LogP) is 1.96. The minimum absolute atomic E-state index is 0.0815. The van der Waals surface area contributed by atoms with Crippen LogP contribution in [0.5, 0.6) is 0 Å². The molecule has 2 aromatic heterocycles. The molecule has 3 rings (SSSR count). The molecule has 24 heavy (non-hydrogen) atoms. The summed E-state index contributed by atoms with van der Waals surface area (Å²) in [7, 11) is 0. The first-order valence-corrected chi connectivity index (χ1v) is 8.61. The number of hydrogen-bond acceptors (Lipinski definition) is 7. The molecule has 0 aromatic carbocycles. The number of nitrogens with zero attached hydrogens (tertiary/aromatic N) is 2. The van der Waals surface area contributed by atoms with Crippen LogP contribution in [0.3, 0.4) is 0 Å². The van der Waals surface area contributed by atoms with E-state index in [9.17, 15) is 9.59 Å². The molecular formula is C16H19N3O4S. The van der Waals surface area contributed by atoms with Crippen LogP contribution in [0.1, 0.15) is 21.9 Å². The summed E-state index contributed by atoms with van der Waals surface area (Å²) in [5, 5.41) is 8.33. The van der Waals surface area contributed by atoms with Crippen LogP contribution < -0.4 is 5.32 Å². The average molecular weight is 349 g/mol. The molecule has 3 heterocycles. The third kappa shape index (κ3) is 4.28. The van der Waals surface area contributed by atoms with Crippen LogP contribution in [0.4, 0.5) is 5.82 Å². The van der Waals surface area contributed by atoms with Crippen LogP contribution in [-0.2, 0) is 9.53 Å². The molecule has 1 aliphatic heterocycles. The van der Waals surface area contributed by atoms with E-state index in [0.29, 0.717) is 37.8 Å². The van der Waals surface area contributed by atoms with Crippen LogP contribution in [0.15, 0.2) is 28.1 Å². The van der Waals surface area contributed by atoms with Gasteiger partial charge in [0.05, 0.1) is 24.6 Å². The molecule has 1 saturated heterocycles. The van der Waals surface area contributed by atoms with E-state index in [2.05, 4.69) is 10.5 Å². The van der Waals surface area contributed by atoms with Gasteiger partial charge in [-0.2, -0.15) is 0 Å². The number of thiophene rings is 1. The van der Waals surface area contributed by atoms with Crippen molar-refractivity contribution in [3.8, 4) is 0 Å². The second-order valence-electron chi connectivity index (χ2n) is 5.67. The van der Waals surface area contributed by atoms with Crippen LogP contribution in [0, 0.1) is 6.92 Å². The molecule has 1 N–H and O–H groups in total. The summed E-state index contributed by atoms with van der Waals surface area (Å²) in [5.74, 6) is 0.935. The third-order valence-corrected chi connectivity index (χ3v) is 4.72. The number of carbonyl (C=O) groups excluding carboxylic acids is 2. The summed E-state index contributed by atoms with van der Waals surface area (Å²) in [6.07, 6.45) is 0.344. The van der Waals surface area contributed by atoms with E-state index < -0.39 is 0 Å². The van der Waals surface area contributed by atoms with E-state index in [-0.39, 0.29) is 24.3 Å². The maximum absolute atomic E-state index is 12.3. The van der Waals surface area contributed by atoms with E-state index >= 15 is 0 Å². The molecular weight excluding hydrogens is 330 g/mol. The van der Waals surface area contributed by atoms with E-state index in [4.69, 9.17) is 9.26 Å². The van der Waals surface area contributed by atoms with Gasteiger partial charge in [0.1, 0.15) is 5.76 Å². The Morgan fingerprint density at radius 2 is 2.38 bits per heavy atom. The Morgan fingerprint density at radius 3 is 3.08 bits per heavy atom. The Morgan fingerprint density at radius 1 is 1.50 bits per heavy atom. The summed E-state index contributed by atoms with van der Waals surface area (Å²) in [4.78, 5) is 27.2. The van der Waals surface area contributed by atoms with Gasteiger partial charge in [0.15, 0.2) is 11.6 Å². The minimum Gasteiger partial charge on any atom is -0.378 e. The third-order valence-electron chi connectivity index (χ3n) is 3.81. The normalized spacial score (nSPS) is 18.5. The number of hydrogen-bond donors (Lipinski definition) is 1. The Kier molecular flexibility index (Phi) is 5.39. The molecule has 1 aliphatic rings. The van der Waals surface area contributed by atoms with Gasteiger partial charge < -0.3 is 14.6 Å². The van der Waals surface area contributed by atoms with Crippen LogP contribution in [-0.4, -0.2) is 54.1 Å². The van der Waals surface area contributed by atoms with Gasteiger partial charge in [0, 0.05) is 25.1 Å². The summed E-state index contributed by atoms with van der Waals surface area (Å²) < 4.78 is 10.4. The lowest BCUT2D eigenvalue weighted by molar-refractivity contribution is -0.119. The molecule has 7 nitrogen and oxygen atoms in total. The maximum Gasteiger partial charge on any atom is 0.239 e. The fourth-order valence-electron chi connectivity index (χ4n) is 2.63. The molecule has 0 spiro atoms. The second-order valence-corrected chi connectivity index (χ2v) is 6.62. The zero-order valence-corrected chi connectivity index (χ0v) is 14.2. The van der Waals surface area contributed by atoms with Crippen LogP contribution in [0.25, 0.3) is 0 Å². The van der Waals surface area contributed by atoms with Crippen molar-refractivity contribution in [3.63, 3.8) is 0 Å². The molecule has 1 fully saturated rings. The smallest absolute Gasteiger partial charge is 0.239 e. The molecule has 0 radical (unpaired) electrons. The van der Waals surface area contributed by atoms with Gasteiger partial charge in [-0.15, -0.1) is 11.3 Å². The number of carbonyl (C=O) groups is 2. The molecule has 8 heteroatoms. The number of aryl methyl sites for hydroxylation is 1. The zero-order chi connectivity index (χ0) is 16.9. The van der Waals surface area contributed by atoms with Crippen molar-refractivity contribution in [1.29, 1.82) is 0 Å². The summed E-state index contributed by atoms with van der Waals surface area (Å²) in [5.41, 5.74) is 0. The van der Waals surface area contributed by atoms with Gasteiger partial charge in [-0.05, 0) is 18.4 Å². The molecule has 0 saturated carbocycles. The Hall–Kier alpha value is -2.03. The average Bonchev–Trinajstić information content (AvgIpc) is 3.21. The van der Waals surface area contributed by atoms with Crippen LogP contribution >= 0.6 is 11.3 Å². The topological polar surface area (TPSA) is 84.7 Å².